The van der Waals surface area contributed by atoms with Crippen molar-refractivity contribution < 1.29 is 18.1 Å². The van der Waals surface area contributed by atoms with Crippen LogP contribution in [0.1, 0.15) is 16.1 Å². The number of carbonyl (C=O) groups excluding carboxylic acids is 1. The molecular weight excluding hydrogens is 244 g/mol. The zero-order valence-electron chi connectivity index (χ0n) is 9.11. The molecule has 1 heterocycles. The van der Waals surface area contributed by atoms with Crippen LogP contribution in [0.25, 0.3) is 0 Å². The number of halogens is 2. The summed E-state index contributed by atoms with van der Waals surface area (Å²) in [5.41, 5.74) is 4.65. The molecule has 0 aliphatic carbocycles. The minimum Gasteiger partial charge on any atom is -0.396 e. The number of nitrogens with two attached hydrogens (primary N) is 1. The third-order valence-corrected chi connectivity index (χ3v) is 2.25. The van der Waals surface area contributed by atoms with E-state index in [1.54, 1.807) is 6.07 Å². The van der Waals surface area contributed by atoms with E-state index in [0.717, 1.165) is 6.07 Å². The number of benzene rings is 1. The lowest BCUT2D eigenvalue weighted by Crippen LogP contribution is -2.24. The van der Waals surface area contributed by atoms with Crippen molar-refractivity contribution >= 4 is 11.6 Å². The molecule has 94 valence electrons. The molecule has 0 aliphatic heterocycles. The van der Waals surface area contributed by atoms with Crippen LogP contribution in [0.5, 0.6) is 0 Å². The van der Waals surface area contributed by atoms with Crippen LogP contribution in [-0.2, 0) is 6.54 Å². The Kier molecular flexibility index (Phi) is 3.22. The number of carbonyl (C=O) groups is 1. The summed E-state index contributed by atoms with van der Waals surface area (Å²) in [7, 11) is 0. The minimum absolute atomic E-state index is 0.0511. The number of hydrogen-bond acceptors (Lipinski definition) is 4. The smallest absolute Gasteiger partial charge is 0.254 e. The normalized spacial score (nSPS) is 10.3. The second kappa shape index (κ2) is 4.82. The Morgan fingerprint density at radius 2 is 2.17 bits per heavy atom. The highest BCUT2D eigenvalue weighted by molar-refractivity contribution is 5.95. The SMILES string of the molecule is Nc1cc(C(=O)NCc2ccno2)c(F)cc1F. The second-order valence-corrected chi connectivity index (χ2v) is 3.51. The van der Waals surface area contributed by atoms with E-state index in [9.17, 15) is 13.6 Å². The summed E-state index contributed by atoms with van der Waals surface area (Å²) in [5, 5.41) is 5.84. The van der Waals surface area contributed by atoms with Gasteiger partial charge in [0.25, 0.3) is 5.91 Å². The van der Waals surface area contributed by atoms with Gasteiger partial charge in [-0.15, -0.1) is 0 Å². The lowest BCUT2D eigenvalue weighted by molar-refractivity contribution is 0.0943. The molecule has 0 atom stereocenters. The van der Waals surface area contributed by atoms with E-state index in [2.05, 4.69) is 10.5 Å². The van der Waals surface area contributed by atoms with Gasteiger partial charge < -0.3 is 15.6 Å². The van der Waals surface area contributed by atoms with E-state index >= 15 is 0 Å². The second-order valence-electron chi connectivity index (χ2n) is 3.51. The van der Waals surface area contributed by atoms with E-state index in [1.165, 1.54) is 6.20 Å². The maximum Gasteiger partial charge on any atom is 0.254 e. The Bertz CT molecular complexity index is 570. The van der Waals surface area contributed by atoms with Crippen molar-refractivity contribution in [2.24, 2.45) is 0 Å². The average Bonchev–Trinajstić information content (AvgIpc) is 2.84. The first kappa shape index (κ1) is 12.0. The van der Waals surface area contributed by atoms with Gasteiger partial charge in [-0.25, -0.2) is 8.78 Å². The van der Waals surface area contributed by atoms with E-state index in [1.807, 2.05) is 0 Å². The lowest BCUT2D eigenvalue weighted by Gasteiger charge is -2.06. The van der Waals surface area contributed by atoms with Gasteiger partial charge in [0.15, 0.2) is 5.76 Å². The van der Waals surface area contributed by atoms with Crippen LogP contribution < -0.4 is 11.1 Å². The van der Waals surface area contributed by atoms with Crippen molar-refractivity contribution in [2.75, 3.05) is 5.73 Å². The molecule has 0 aliphatic rings. The van der Waals surface area contributed by atoms with Crippen LogP contribution in [0.3, 0.4) is 0 Å². The number of nitrogens with one attached hydrogen (secondary N) is 1. The molecule has 0 spiro atoms. The Hall–Kier alpha value is -2.44. The number of anilines is 1. The van der Waals surface area contributed by atoms with Crippen LogP contribution in [-0.4, -0.2) is 11.1 Å². The molecule has 18 heavy (non-hydrogen) atoms. The standard InChI is InChI=1S/C11H9F2N3O2/c12-8-4-9(13)10(14)3-7(8)11(17)15-5-6-1-2-16-18-6/h1-4H,5,14H2,(H,15,17). The fraction of sp³-hybridized carbons (Fsp3) is 0.0909. The van der Waals surface area contributed by atoms with E-state index < -0.39 is 17.5 Å². The molecule has 2 aromatic rings. The highest BCUT2D eigenvalue weighted by atomic mass is 19.1. The predicted octanol–water partition coefficient (Wildman–Crippen LogP) is 1.47. The van der Waals surface area contributed by atoms with Gasteiger partial charge in [0.2, 0.25) is 0 Å². The topological polar surface area (TPSA) is 81.2 Å². The summed E-state index contributed by atoms with van der Waals surface area (Å²) in [4.78, 5) is 11.6. The predicted molar refractivity (Wildman–Crippen MR) is 58.4 cm³/mol. The Balaban J connectivity index is 2.11. The monoisotopic (exact) mass is 253 g/mol. The molecule has 7 heteroatoms. The molecule has 0 saturated carbocycles. The molecule has 1 amide bonds. The average molecular weight is 253 g/mol. The Morgan fingerprint density at radius 3 is 2.83 bits per heavy atom. The first-order valence-corrected chi connectivity index (χ1v) is 5.00. The highest BCUT2D eigenvalue weighted by Gasteiger charge is 2.15. The third kappa shape index (κ3) is 2.45. The fourth-order valence-corrected chi connectivity index (χ4v) is 1.34. The maximum atomic E-state index is 13.4. The maximum absolute atomic E-state index is 13.4. The lowest BCUT2D eigenvalue weighted by atomic mass is 10.1. The number of nitrogen functional groups attached to an aromatic ring is 1. The molecule has 2 rings (SSSR count). The van der Waals surface area contributed by atoms with Crippen LogP contribution in [0.2, 0.25) is 0 Å². The van der Waals surface area contributed by atoms with Gasteiger partial charge in [-0.1, -0.05) is 5.16 Å². The summed E-state index contributed by atoms with van der Waals surface area (Å²) in [6.45, 7) is 0.0511. The van der Waals surface area contributed by atoms with Crippen molar-refractivity contribution in [3.63, 3.8) is 0 Å². The highest BCUT2D eigenvalue weighted by Crippen LogP contribution is 2.16. The number of aromatic nitrogens is 1. The number of amides is 1. The summed E-state index contributed by atoms with van der Waals surface area (Å²) in [5.74, 6) is -2.18. The molecule has 3 N–H and O–H groups in total. The van der Waals surface area contributed by atoms with E-state index in [4.69, 9.17) is 10.3 Å². The largest absolute Gasteiger partial charge is 0.396 e. The van der Waals surface area contributed by atoms with E-state index in [0.29, 0.717) is 11.8 Å². The van der Waals surface area contributed by atoms with Crippen molar-refractivity contribution in [1.29, 1.82) is 0 Å². The van der Waals surface area contributed by atoms with Gasteiger partial charge in [-0.3, -0.25) is 4.79 Å². The van der Waals surface area contributed by atoms with Crippen LogP contribution in [0.15, 0.2) is 28.9 Å². The number of hydrogen-bond donors (Lipinski definition) is 2. The van der Waals surface area contributed by atoms with Crippen LogP contribution >= 0.6 is 0 Å². The van der Waals surface area contributed by atoms with E-state index in [-0.39, 0.29) is 17.8 Å². The first-order chi connectivity index (χ1) is 8.58. The zero-order chi connectivity index (χ0) is 13.1. The molecule has 0 radical (unpaired) electrons. The van der Waals surface area contributed by atoms with Gasteiger partial charge in [0, 0.05) is 12.1 Å². The molecule has 0 unspecified atom stereocenters. The molecular formula is C11H9F2N3O2. The van der Waals surface area contributed by atoms with Crippen LogP contribution in [0.4, 0.5) is 14.5 Å². The Morgan fingerprint density at radius 1 is 1.39 bits per heavy atom. The zero-order valence-corrected chi connectivity index (χ0v) is 9.11. The van der Waals surface area contributed by atoms with Gasteiger partial charge in [-0.2, -0.15) is 0 Å². The van der Waals surface area contributed by atoms with Gasteiger partial charge in [-0.05, 0) is 6.07 Å². The molecule has 0 bridgehead atoms. The summed E-state index contributed by atoms with van der Waals surface area (Å²) in [6, 6.07) is 3.06. The molecule has 0 fully saturated rings. The van der Waals surface area contributed by atoms with Crippen molar-refractivity contribution in [3.05, 3.63) is 47.4 Å². The summed E-state index contributed by atoms with van der Waals surface area (Å²) < 4.78 is 31.0. The molecule has 1 aromatic heterocycles. The number of nitrogens with zero attached hydrogens (tertiary/aromatic N) is 1. The van der Waals surface area contributed by atoms with Crippen molar-refractivity contribution in [3.8, 4) is 0 Å². The van der Waals surface area contributed by atoms with Gasteiger partial charge >= 0.3 is 0 Å². The van der Waals surface area contributed by atoms with Crippen LogP contribution in [0, 0.1) is 11.6 Å². The van der Waals surface area contributed by atoms with Crippen molar-refractivity contribution in [2.45, 2.75) is 6.54 Å². The first-order valence-electron chi connectivity index (χ1n) is 5.00. The van der Waals surface area contributed by atoms with Gasteiger partial charge in [0.05, 0.1) is 24.0 Å². The fourth-order valence-electron chi connectivity index (χ4n) is 1.34. The Labute approximate surface area is 101 Å². The summed E-state index contributed by atoms with van der Waals surface area (Å²) >= 11 is 0. The minimum atomic E-state index is -0.975. The van der Waals surface area contributed by atoms with Gasteiger partial charge in [0.1, 0.15) is 11.6 Å². The molecule has 5 nitrogen and oxygen atoms in total. The quantitative estimate of drug-likeness (QED) is 0.811. The third-order valence-electron chi connectivity index (χ3n) is 2.25. The molecule has 1 aromatic carbocycles. The molecule has 0 saturated heterocycles. The van der Waals surface area contributed by atoms with Crippen molar-refractivity contribution in [1.82, 2.24) is 10.5 Å². The summed E-state index contributed by atoms with van der Waals surface area (Å²) in [6.07, 6.45) is 1.41. The number of rotatable bonds is 3.